The minimum atomic E-state index is -0.559. The van der Waals surface area contributed by atoms with Gasteiger partial charge in [-0.15, -0.1) is 0 Å². The molecule has 2 unspecified atom stereocenters. The monoisotopic (exact) mass is 306 g/mol. The molecule has 0 aromatic heterocycles. The summed E-state index contributed by atoms with van der Waals surface area (Å²) in [4.78, 5) is 11.1. The fourth-order valence-corrected chi connectivity index (χ4v) is 5.96. The van der Waals surface area contributed by atoms with Crippen molar-refractivity contribution in [2.24, 2.45) is 35.5 Å². The number of aliphatic carboxylic acids is 1. The molecule has 3 aliphatic rings. The van der Waals surface area contributed by atoms with Crippen LogP contribution in [0.1, 0.15) is 84.0 Å². The summed E-state index contributed by atoms with van der Waals surface area (Å²) >= 11 is 0. The van der Waals surface area contributed by atoms with Crippen molar-refractivity contribution < 1.29 is 9.90 Å². The Morgan fingerprint density at radius 2 is 1.36 bits per heavy atom. The minimum absolute atomic E-state index is 0.0444. The number of hydrogen-bond donors (Lipinski definition) is 1. The van der Waals surface area contributed by atoms with Crippen molar-refractivity contribution in [3.63, 3.8) is 0 Å². The molecule has 126 valence electrons. The van der Waals surface area contributed by atoms with Gasteiger partial charge < -0.3 is 5.11 Å². The van der Waals surface area contributed by atoms with Crippen LogP contribution >= 0.6 is 0 Å². The second-order valence-electron chi connectivity index (χ2n) is 8.51. The van der Waals surface area contributed by atoms with Gasteiger partial charge in [0.15, 0.2) is 0 Å². The summed E-state index contributed by atoms with van der Waals surface area (Å²) in [6.45, 7) is 2.33. The second-order valence-corrected chi connectivity index (χ2v) is 8.51. The molecular weight excluding hydrogens is 272 g/mol. The first kappa shape index (κ1) is 16.3. The highest BCUT2D eigenvalue weighted by Gasteiger charge is 2.39. The standard InChI is InChI=1S/C20H34O2/c1-2-3-14-4-5-19-13-18(11-10-17(19)12-14)15-6-8-16(9-7-15)20(21)22/h14-19H,2-13H2,1H3,(H,21,22)/t14?,15?,16?,17-,18?,19+/m0/s1. The lowest BCUT2D eigenvalue weighted by atomic mass is 9.60. The van der Waals surface area contributed by atoms with Crippen LogP contribution in [0.2, 0.25) is 0 Å². The lowest BCUT2D eigenvalue weighted by molar-refractivity contribution is -0.143. The Labute approximate surface area is 136 Å². The van der Waals surface area contributed by atoms with Crippen LogP contribution in [0.3, 0.4) is 0 Å². The summed E-state index contributed by atoms with van der Waals surface area (Å²) in [5.41, 5.74) is 0. The molecule has 0 radical (unpaired) electrons. The number of carboxylic acid groups (broad SMARTS) is 1. The van der Waals surface area contributed by atoms with Crippen LogP contribution in [0.15, 0.2) is 0 Å². The molecule has 0 aliphatic heterocycles. The van der Waals surface area contributed by atoms with Crippen molar-refractivity contribution in [2.75, 3.05) is 0 Å². The molecule has 22 heavy (non-hydrogen) atoms. The Hall–Kier alpha value is -0.530. The van der Waals surface area contributed by atoms with E-state index in [1.807, 2.05) is 0 Å². The van der Waals surface area contributed by atoms with E-state index in [0.29, 0.717) is 0 Å². The van der Waals surface area contributed by atoms with Crippen molar-refractivity contribution >= 4 is 5.97 Å². The van der Waals surface area contributed by atoms with Gasteiger partial charge in [0.05, 0.1) is 5.92 Å². The summed E-state index contributed by atoms with van der Waals surface area (Å²) in [6.07, 6.45) is 15.9. The van der Waals surface area contributed by atoms with Crippen molar-refractivity contribution in [3.05, 3.63) is 0 Å². The van der Waals surface area contributed by atoms with Crippen molar-refractivity contribution in [2.45, 2.75) is 84.0 Å². The van der Waals surface area contributed by atoms with Gasteiger partial charge >= 0.3 is 5.97 Å². The predicted molar refractivity (Wildman–Crippen MR) is 89.7 cm³/mol. The van der Waals surface area contributed by atoms with Gasteiger partial charge in [-0.25, -0.2) is 0 Å². The molecule has 3 rings (SSSR count). The molecule has 2 nitrogen and oxygen atoms in total. The average Bonchev–Trinajstić information content (AvgIpc) is 2.55. The van der Waals surface area contributed by atoms with Gasteiger partial charge in [0.25, 0.3) is 0 Å². The lowest BCUT2D eigenvalue weighted by Gasteiger charge is -2.45. The molecule has 3 fully saturated rings. The third kappa shape index (κ3) is 3.68. The van der Waals surface area contributed by atoms with Crippen LogP contribution < -0.4 is 0 Å². The third-order valence-corrected chi connectivity index (χ3v) is 7.25. The summed E-state index contributed by atoms with van der Waals surface area (Å²) in [5, 5.41) is 9.16. The molecule has 0 aromatic rings. The topological polar surface area (TPSA) is 37.3 Å². The highest BCUT2D eigenvalue weighted by molar-refractivity contribution is 5.69. The number of rotatable bonds is 4. The molecule has 0 spiro atoms. The zero-order valence-corrected chi connectivity index (χ0v) is 14.3. The van der Waals surface area contributed by atoms with E-state index in [1.54, 1.807) is 0 Å². The summed E-state index contributed by atoms with van der Waals surface area (Å²) in [5.74, 6) is 4.20. The SMILES string of the molecule is CCCC1CC[C@@H]2CC(C3CCC(C(=O)O)CC3)CC[C@H]2C1. The molecule has 0 heterocycles. The van der Waals surface area contributed by atoms with Gasteiger partial charge in [-0.1, -0.05) is 26.2 Å². The fraction of sp³-hybridized carbons (Fsp3) is 0.950. The smallest absolute Gasteiger partial charge is 0.306 e. The Morgan fingerprint density at radius 3 is 2.00 bits per heavy atom. The number of carboxylic acids is 1. The lowest BCUT2D eigenvalue weighted by Crippen LogP contribution is -2.35. The van der Waals surface area contributed by atoms with Crippen LogP contribution in [0.25, 0.3) is 0 Å². The van der Waals surface area contributed by atoms with Crippen LogP contribution in [-0.2, 0) is 4.79 Å². The zero-order chi connectivity index (χ0) is 15.5. The number of fused-ring (bicyclic) bond motifs is 1. The predicted octanol–water partition coefficient (Wildman–Crippen LogP) is 5.51. The number of hydrogen-bond acceptors (Lipinski definition) is 1. The van der Waals surface area contributed by atoms with E-state index in [0.717, 1.165) is 42.4 Å². The molecule has 0 amide bonds. The van der Waals surface area contributed by atoms with Gasteiger partial charge in [0.2, 0.25) is 0 Å². The molecule has 0 aromatic carbocycles. The van der Waals surface area contributed by atoms with E-state index in [9.17, 15) is 4.79 Å². The summed E-state index contributed by atoms with van der Waals surface area (Å²) in [6, 6.07) is 0. The molecule has 3 saturated carbocycles. The highest BCUT2D eigenvalue weighted by atomic mass is 16.4. The van der Waals surface area contributed by atoms with E-state index >= 15 is 0 Å². The van der Waals surface area contributed by atoms with E-state index in [-0.39, 0.29) is 5.92 Å². The van der Waals surface area contributed by atoms with Crippen molar-refractivity contribution in [1.82, 2.24) is 0 Å². The Kier molecular flexibility index (Phi) is 5.46. The first-order chi connectivity index (χ1) is 10.7. The van der Waals surface area contributed by atoms with E-state index in [1.165, 1.54) is 64.2 Å². The quantitative estimate of drug-likeness (QED) is 0.743. The maximum absolute atomic E-state index is 11.1. The van der Waals surface area contributed by atoms with Gasteiger partial charge in [-0.2, -0.15) is 0 Å². The van der Waals surface area contributed by atoms with E-state index in [4.69, 9.17) is 5.11 Å². The van der Waals surface area contributed by atoms with Gasteiger partial charge in [-0.3, -0.25) is 4.79 Å². The Balaban J connectivity index is 1.48. The number of carbonyl (C=O) groups is 1. The Morgan fingerprint density at radius 1 is 0.818 bits per heavy atom. The zero-order valence-electron chi connectivity index (χ0n) is 14.3. The maximum atomic E-state index is 11.1. The molecule has 0 bridgehead atoms. The third-order valence-electron chi connectivity index (χ3n) is 7.25. The maximum Gasteiger partial charge on any atom is 0.306 e. The first-order valence-corrected chi connectivity index (χ1v) is 9.90. The molecule has 0 saturated heterocycles. The van der Waals surface area contributed by atoms with Gasteiger partial charge in [-0.05, 0) is 87.4 Å². The Bertz CT molecular complexity index is 370. The summed E-state index contributed by atoms with van der Waals surface area (Å²) < 4.78 is 0. The molecule has 4 atom stereocenters. The molecule has 2 heteroatoms. The van der Waals surface area contributed by atoms with Crippen molar-refractivity contribution in [1.29, 1.82) is 0 Å². The highest BCUT2D eigenvalue weighted by Crippen LogP contribution is 2.49. The molecular formula is C20H34O2. The van der Waals surface area contributed by atoms with Gasteiger partial charge in [0, 0.05) is 0 Å². The van der Waals surface area contributed by atoms with E-state index < -0.39 is 5.97 Å². The van der Waals surface area contributed by atoms with Crippen molar-refractivity contribution in [3.8, 4) is 0 Å². The fourth-order valence-electron chi connectivity index (χ4n) is 5.96. The second kappa shape index (κ2) is 7.36. The first-order valence-electron chi connectivity index (χ1n) is 9.90. The van der Waals surface area contributed by atoms with Crippen LogP contribution in [0, 0.1) is 35.5 Å². The van der Waals surface area contributed by atoms with Crippen LogP contribution in [0.4, 0.5) is 0 Å². The summed E-state index contributed by atoms with van der Waals surface area (Å²) in [7, 11) is 0. The normalized spacial score (nSPS) is 42.6. The van der Waals surface area contributed by atoms with Crippen LogP contribution in [-0.4, -0.2) is 11.1 Å². The van der Waals surface area contributed by atoms with E-state index in [2.05, 4.69) is 6.92 Å². The minimum Gasteiger partial charge on any atom is -0.481 e. The molecule has 3 aliphatic carbocycles. The van der Waals surface area contributed by atoms with Crippen LogP contribution in [0.5, 0.6) is 0 Å². The average molecular weight is 306 g/mol. The largest absolute Gasteiger partial charge is 0.481 e. The van der Waals surface area contributed by atoms with Gasteiger partial charge in [0.1, 0.15) is 0 Å². The molecule has 1 N–H and O–H groups in total.